The monoisotopic (exact) mass is 324 g/mol. The molecular formula is C20H24N2O2. The standard InChI is InChI=1S/C20H24N2O2/c1-16-7-5-6-14-22(16)18-12-10-17(11-13-18)21-20(23)15-24-19-8-3-2-4-9-19/h2-4,8-13,16H,5-7,14-15H2,1H3,(H,21,23)/t16-/m1/s1. The van der Waals surface area contributed by atoms with Gasteiger partial charge >= 0.3 is 0 Å². The van der Waals surface area contributed by atoms with Gasteiger partial charge in [-0.3, -0.25) is 4.79 Å². The number of carbonyl (C=O) groups excluding carboxylic acids is 1. The molecule has 1 N–H and O–H groups in total. The normalized spacial score (nSPS) is 17.4. The number of ether oxygens (including phenoxy) is 1. The molecule has 0 radical (unpaired) electrons. The molecule has 1 atom stereocenters. The zero-order valence-corrected chi connectivity index (χ0v) is 14.1. The van der Waals surface area contributed by atoms with Crippen LogP contribution >= 0.6 is 0 Å². The number of nitrogens with one attached hydrogen (secondary N) is 1. The molecule has 1 aliphatic heterocycles. The summed E-state index contributed by atoms with van der Waals surface area (Å²) in [5, 5.41) is 2.87. The highest BCUT2D eigenvalue weighted by Gasteiger charge is 2.18. The summed E-state index contributed by atoms with van der Waals surface area (Å²) in [6.45, 7) is 3.39. The lowest BCUT2D eigenvalue weighted by molar-refractivity contribution is -0.118. The Balaban J connectivity index is 1.53. The van der Waals surface area contributed by atoms with Gasteiger partial charge in [0.05, 0.1) is 0 Å². The summed E-state index contributed by atoms with van der Waals surface area (Å²) in [7, 11) is 0. The topological polar surface area (TPSA) is 41.6 Å². The van der Waals surface area contributed by atoms with Crippen LogP contribution in [-0.2, 0) is 4.79 Å². The molecule has 0 spiro atoms. The Morgan fingerprint density at radius 3 is 2.58 bits per heavy atom. The number of rotatable bonds is 5. The third kappa shape index (κ3) is 4.28. The molecule has 3 rings (SSSR count). The minimum absolute atomic E-state index is 0.00885. The van der Waals surface area contributed by atoms with Crippen molar-refractivity contribution in [3.63, 3.8) is 0 Å². The first-order chi connectivity index (χ1) is 11.7. The highest BCUT2D eigenvalue weighted by Crippen LogP contribution is 2.25. The number of carbonyl (C=O) groups is 1. The first-order valence-corrected chi connectivity index (χ1v) is 8.57. The van der Waals surface area contributed by atoms with Crippen molar-refractivity contribution in [2.45, 2.75) is 32.2 Å². The van der Waals surface area contributed by atoms with Crippen LogP contribution in [0.2, 0.25) is 0 Å². The van der Waals surface area contributed by atoms with Crippen molar-refractivity contribution < 1.29 is 9.53 Å². The first-order valence-electron chi connectivity index (χ1n) is 8.57. The number of benzene rings is 2. The second-order valence-electron chi connectivity index (χ2n) is 6.23. The zero-order chi connectivity index (χ0) is 16.8. The molecule has 0 saturated carbocycles. The zero-order valence-electron chi connectivity index (χ0n) is 14.1. The Morgan fingerprint density at radius 1 is 1.12 bits per heavy atom. The van der Waals surface area contributed by atoms with E-state index in [4.69, 9.17) is 4.74 Å². The van der Waals surface area contributed by atoms with Gasteiger partial charge in [-0.25, -0.2) is 0 Å². The van der Waals surface area contributed by atoms with Gasteiger partial charge in [-0.15, -0.1) is 0 Å². The number of hydrogen-bond donors (Lipinski definition) is 1. The second kappa shape index (κ2) is 7.86. The maximum absolute atomic E-state index is 12.0. The fourth-order valence-corrected chi connectivity index (χ4v) is 3.08. The van der Waals surface area contributed by atoms with Gasteiger partial charge in [0.2, 0.25) is 0 Å². The third-order valence-corrected chi connectivity index (χ3v) is 4.40. The van der Waals surface area contributed by atoms with Crippen molar-refractivity contribution in [2.75, 3.05) is 23.4 Å². The van der Waals surface area contributed by atoms with E-state index in [-0.39, 0.29) is 12.5 Å². The molecule has 126 valence electrons. The van der Waals surface area contributed by atoms with Gasteiger partial charge < -0.3 is 15.0 Å². The number of amides is 1. The predicted octanol–water partition coefficient (Wildman–Crippen LogP) is 4.08. The largest absolute Gasteiger partial charge is 0.484 e. The van der Waals surface area contributed by atoms with E-state index in [1.54, 1.807) is 0 Å². The number of piperidine rings is 1. The van der Waals surface area contributed by atoms with E-state index in [9.17, 15) is 4.79 Å². The fraction of sp³-hybridized carbons (Fsp3) is 0.350. The maximum atomic E-state index is 12.0. The van der Waals surface area contributed by atoms with Crippen LogP contribution in [0.1, 0.15) is 26.2 Å². The van der Waals surface area contributed by atoms with Gasteiger partial charge in [-0.05, 0) is 62.6 Å². The number of anilines is 2. The lowest BCUT2D eigenvalue weighted by Crippen LogP contribution is -2.37. The molecule has 4 heteroatoms. The fourth-order valence-electron chi connectivity index (χ4n) is 3.08. The van der Waals surface area contributed by atoms with Crippen LogP contribution in [0.4, 0.5) is 11.4 Å². The molecule has 4 nitrogen and oxygen atoms in total. The second-order valence-corrected chi connectivity index (χ2v) is 6.23. The molecule has 0 bridgehead atoms. The van der Waals surface area contributed by atoms with Gasteiger partial charge in [0, 0.05) is 24.0 Å². The van der Waals surface area contributed by atoms with E-state index in [1.807, 2.05) is 42.5 Å². The molecule has 1 saturated heterocycles. The summed E-state index contributed by atoms with van der Waals surface area (Å²) < 4.78 is 5.45. The minimum atomic E-state index is -0.155. The Bertz CT molecular complexity index is 655. The van der Waals surface area contributed by atoms with E-state index in [1.165, 1.54) is 24.9 Å². The van der Waals surface area contributed by atoms with E-state index in [2.05, 4.69) is 29.3 Å². The molecule has 1 fully saturated rings. The minimum Gasteiger partial charge on any atom is -0.484 e. The van der Waals surface area contributed by atoms with Gasteiger partial charge in [-0.1, -0.05) is 18.2 Å². The molecule has 0 aliphatic carbocycles. The predicted molar refractivity (Wildman–Crippen MR) is 97.7 cm³/mol. The smallest absolute Gasteiger partial charge is 0.262 e. The molecular weight excluding hydrogens is 300 g/mol. The van der Waals surface area contributed by atoms with Crippen LogP contribution in [0.25, 0.3) is 0 Å². The molecule has 2 aromatic rings. The van der Waals surface area contributed by atoms with E-state index < -0.39 is 0 Å². The maximum Gasteiger partial charge on any atom is 0.262 e. The first kappa shape index (κ1) is 16.4. The van der Waals surface area contributed by atoms with E-state index >= 15 is 0 Å². The van der Waals surface area contributed by atoms with Gasteiger partial charge in [-0.2, -0.15) is 0 Å². The van der Waals surface area contributed by atoms with Crippen LogP contribution in [0.15, 0.2) is 54.6 Å². The molecule has 24 heavy (non-hydrogen) atoms. The Hall–Kier alpha value is -2.49. The van der Waals surface area contributed by atoms with Crippen molar-refractivity contribution in [1.29, 1.82) is 0 Å². The van der Waals surface area contributed by atoms with Crippen molar-refractivity contribution in [3.05, 3.63) is 54.6 Å². The summed E-state index contributed by atoms with van der Waals surface area (Å²) in [5.41, 5.74) is 2.02. The van der Waals surface area contributed by atoms with Crippen molar-refractivity contribution in [2.24, 2.45) is 0 Å². The molecule has 1 heterocycles. The molecule has 1 amide bonds. The lowest BCUT2D eigenvalue weighted by atomic mass is 10.0. The SMILES string of the molecule is C[C@@H]1CCCCN1c1ccc(NC(=O)COc2ccccc2)cc1. The highest BCUT2D eigenvalue weighted by atomic mass is 16.5. The van der Waals surface area contributed by atoms with Crippen LogP contribution in [0.5, 0.6) is 5.75 Å². The van der Waals surface area contributed by atoms with Crippen LogP contribution in [0, 0.1) is 0 Å². The Morgan fingerprint density at radius 2 is 1.88 bits per heavy atom. The van der Waals surface area contributed by atoms with Crippen LogP contribution in [0.3, 0.4) is 0 Å². The van der Waals surface area contributed by atoms with Crippen molar-refractivity contribution >= 4 is 17.3 Å². The van der Waals surface area contributed by atoms with Gasteiger partial charge in [0.1, 0.15) is 5.75 Å². The van der Waals surface area contributed by atoms with Gasteiger partial charge in [0.25, 0.3) is 5.91 Å². The average Bonchev–Trinajstić information content (AvgIpc) is 2.62. The number of nitrogens with zero attached hydrogens (tertiary/aromatic N) is 1. The summed E-state index contributed by atoms with van der Waals surface area (Å²) in [6.07, 6.45) is 3.81. The summed E-state index contributed by atoms with van der Waals surface area (Å²) in [4.78, 5) is 14.4. The Kier molecular flexibility index (Phi) is 5.36. The summed E-state index contributed by atoms with van der Waals surface area (Å²) in [6, 6.07) is 18.0. The summed E-state index contributed by atoms with van der Waals surface area (Å²) in [5.74, 6) is 0.542. The lowest BCUT2D eigenvalue weighted by Gasteiger charge is -2.35. The number of hydrogen-bond acceptors (Lipinski definition) is 3. The van der Waals surface area contributed by atoms with Gasteiger partial charge in [0.15, 0.2) is 6.61 Å². The number of para-hydroxylation sites is 1. The molecule has 0 aromatic heterocycles. The average molecular weight is 324 g/mol. The quantitative estimate of drug-likeness (QED) is 0.901. The van der Waals surface area contributed by atoms with Crippen LogP contribution < -0.4 is 15.0 Å². The Labute approximate surface area is 143 Å². The van der Waals surface area contributed by atoms with E-state index in [0.717, 1.165) is 12.2 Å². The van der Waals surface area contributed by atoms with Crippen molar-refractivity contribution in [1.82, 2.24) is 0 Å². The van der Waals surface area contributed by atoms with Crippen molar-refractivity contribution in [3.8, 4) is 5.75 Å². The van der Waals surface area contributed by atoms with Crippen LogP contribution in [-0.4, -0.2) is 25.1 Å². The van der Waals surface area contributed by atoms with E-state index in [0.29, 0.717) is 11.8 Å². The molecule has 1 aliphatic rings. The highest BCUT2D eigenvalue weighted by molar-refractivity contribution is 5.92. The third-order valence-electron chi connectivity index (χ3n) is 4.40. The molecule has 2 aromatic carbocycles. The summed E-state index contributed by atoms with van der Waals surface area (Å²) >= 11 is 0. The molecule has 0 unspecified atom stereocenters.